The van der Waals surface area contributed by atoms with Crippen LogP contribution in [0.4, 0.5) is 0 Å². The lowest BCUT2D eigenvalue weighted by atomic mass is 9.78. The van der Waals surface area contributed by atoms with Crippen molar-refractivity contribution in [2.75, 3.05) is 7.11 Å². The van der Waals surface area contributed by atoms with Crippen LogP contribution < -0.4 is 15.8 Å². The summed E-state index contributed by atoms with van der Waals surface area (Å²) in [7, 11) is 0.765. The molecule has 0 atom stereocenters. The van der Waals surface area contributed by atoms with Crippen molar-refractivity contribution in [3.8, 4) is 5.75 Å². The van der Waals surface area contributed by atoms with E-state index in [-0.39, 0.29) is 11.9 Å². The van der Waals surface area contributed by atoms with Crippen LogP contribution in [0.1, 0.15) is 54.1 Å². The Morgan fingerprint density at radius 1 is 1.00 bits per heavy atom. The van der Waals surface area contributed by atoms with Gasteiger partial charge in [-0.3, -0.25) is 19.3 Å². The fourth-order valence-electron chi connectivity index (χ4n) is 4.26. The number of nitrogens with zero attached hydrogens (tertiary/aromatic N) is 2. The number of imide groups is 1. The normalized spacial score (nSPS) is 18.6. The molecule has 1 aromatic heterocycles. The van der Waals surface area contributed by atoms with E-state index in [4.69, 9.17) is 14.0 Å². The third kappa shape index (κ3) is 3.25. The van der Waals surface area contributed by atoms with E-state index in [1.807, 2.05) is 27.7 Å². The summed E-state index contributed by atoms with van der Waals surface area (Å²) < 4.78 is 17.9. The predicted molar refractivity (Wildman–Crippen MR) is 125 cm³/mol. The zero-order valence-electron chi connectivity index (χ0n) is 19.6. The highest BCUT2D eigenvalue weighted by Crippen LogP contribution is 2.37. The van der Waals surface area contributed by atoms with E-state index in [9.17, 15) is 14.4 Å². The Kier molecular flexibility index (Phi) is 4.93. The molecule has 10 heteroatoms. The van der Waals surface area contributed by atoms with Crippen molar-refractivity contribution in [1.29, 1.82) is 0 Å². The number of methoxy groups -OCH3 is 1. The van der Waals surface area contributed by atoms with Gasteiger partial charge in [0.05, 0.1) is 47.1 Å². The highest BCUT2D eigenvalue weighted by Gasteiger charge is 2.52. The Labute approximate surface area is 196 Å². The molecule has 0 spiro atoms. The Bertz CT molecular complexity index is 1360. The summed E-state index contributed by atoms with van der Waals surface area (Å²) in [6.45, 7) is 7.68. The molecule has 2 aliphatic heterocycles. The number of benzene rings is 2. The lowest BCUT2D eigenvalue weighted by molar-refractivity contribution is 0.00578. The first kappa shape index (κ1) is 22.3. The van der Waals surface area contributed by atoms with E-state index in [0.29, 0.717) is 33.4 Å². The van der Waals surface area contributed by atoms with Gasteiger partial charge in [-0.2, -0.15) is 5.10 Å². The molecule has 2 amide bonds. The second-order valence-corrected chi connectivity index (χ2v) is 9.48. The van der Waals surface area contributed by atoms with Crippen LogP contribution in [0.2, 0.25) is 0 Å². The zero-order chi connectivity index (χ0) is 24.4. The van der Waals surface area contributed by atoms with Gasteiger partial charge in [-0.15, -0.1) is 0 Å². The molecule has 0 saturated carbocycles. The number of rotatable bonds is 4. The van der Waals surface area contributed by atoms with E-state index in [1.54, 1.807) is 36.4 Å². The lowest BCUT2D eigenvalue weighted by Gasteiger charge is -2.32. The summed E-state index contributed by atoms with van der Waals surface area (Å²) in [5, 5.41) is 7.36. The largest absolute Gasteiger partial charge is 0.496 e. The number of fused-ring (bicyclic) bond motifs is 2. The van der Waals surface area contributed by atoms with Crippen LogP contribution in [0, 0.1) is 0 Å². The van der Waals surface area contributed by atoms with Crippen LogP contribution in [0.25, 0.3) is 10.8 Å². The molecule has 5 rings (SSSR count). The van der Waals surface area contributed by atoms with Crippen LogP contribution >= 0.6 is 0 Å². The second kappa shape index (κ2) is 7.51. The molecule has 0 radical (unpaired) electrons. The molecule has 0 unspecified atom stereocenters. The van der Waals surface area contributed by atoms with Crippen molar-refractivity contribution >= 4 is 35.2 Å². The minimum Gasteiger partial charge on any atom is -0.496 e. The molecular formula is C24H24BN3O6. The van der Waals surface area contributed by atoms with Gasteiger partial charge in [-0.1, -0.05) is 18.2 Å². The highest BCUT2D eigenvalue weighted by atomic mass is 16.7. The fraction of sp³-hybridized carbons (Fsp3) is 0.333. The van der Waals surface area contributed by atoms with Gasteiger partial charge in [0.25, 0.3) is 17.4 Å². The van der Waals surface area contributed by atoms with E-state index in [1.165, 1.54) is 7.11 Å². The summed E-state index contributed by atoms with van der Waals surface area (Å²) in [5.74, 6) is -0.499. The Morgan fingerprint density at radius 2 is 1.59 bits per heavy atom. The van der Waals surface area contributed by atoms with Crippen LogP contribution in [0.3, 0.4) is 0 Å². The molecule has 0 aliphatic carbocycles. The van der Waals surface area contributed by atoms with E-state index < -0.39 is 35.7 Å². The molecule has 9 nitrogen and oxygen atoms in total. The molecular weight excluding hydrogens is 437 g/mol. The van der Waals surface area contributed by atoms with E-state index >= 15 is 0 Å². The molecule has 3 heterocycles. The monoisotopic (exact) mass is 461 g/mol. The van der Waals surface area contributed by atoms with E-state index in [2.05, 4.69) is 10.2 Å². The number of carbonyl (C=O) groups is 2. The minimum absolute atomic E-state index is 0.115. The topological polar surface area (TPSA) is 111 Å². The number of H-pyrrole nitrogens is 1. The first-order chi connectivity index (χ1) is 16.0. The number of hydrogen-bond donors (Lipinski definition) is 1. The maximum absolute atomic E-state index is 12.9. The summed E-state index contributed by atoms with van der Waals surface area (Å²) in [6, 6.07) is 10.1. The summed E-state index contributed by atoms with van der Waals surface area (Å²) >= 11 is 0. The molecule has 1 saturated heterocycles. The lowest BCUT2D eigenvalue weighted by Crippen LogP contribution is -2.41. The standard InChI is InChI=1S/C24H24BN3O6/c1-23(2)24(3,4)34-25(33-23)13-10-16-17(26-27-20(29)19(16)18(11-13)32-5)12-28-21(30)14-8-6-7-9-15(14)22(28)31/h6-11H,12H2,1-5H3,(H,27,29). The summed E-state index contributed by atoms with van der Waals surface area (Å²) in [4.78, 5) is 39.6. The van der Waals surface area contributed by atoms with Gasteiger partial charge >= 0.3 is 7.12 Å². The Hall–Kier alpha value is -3.50. The zero-order valence-corrected chi connectivity index (χ0v) is 19.6. The number of ether oxygens (including phenoxy) is 1. The SMILES string of the molecule is COc1cc(B2OC(C)(C)C(C)(C)O2)cc2c(CN3C(=O)c4ccccc4C3=O)n[nH]c(=O)c12. The van der Waals surface area contributed by atoms with Crippen molar-refractivity contribution in [2.24, 2.45) is 0 Å². The van der Waals surface area contributed by atoms with Crippen molar-refractivity contribution in [3.05, 3.63) is 63.6 Å². The van der Waals surface area contributed by atoms with Crippen molar-refractivity contribution < 1.29 is 23.6 Å². The first-order valence-corrected chi connectivity index (χ1v) is 10.9. The van der Waals surface area contributed by atoms with Crippen LogP contribution in [0.15, 0.2) is 41.2 Å². The fourth-order valence-corrected chi connectivity index (χ4v) is 4.26. The van der Waals surface area contributed by atoms with Gasteiger partial charge < -0.3 is 14.0 Å². The Morgan fingerprint density at radius 3 is 2.15 bits per heavy atom. The summed E-state index contributed by atoms with van der Waals surface area (Å²) in [6.07, 6.45) is 0. The van der Waals surface area contributed by atoms with E-state index in [0.717, 1.165) is 4.90 Å². The van der Waals surface area contributed by atoms with Gasteiger partial charge in [0.15, 0.2) is 0 Å². The van der Waals surface area contributed by atoms with Gasteiger partial charge in [-0.05, 0) is 51.4 Å². The van der Waals surface area contributed by atoms with Crippen LogP contribution in [-0.2, 0) is 15.9 Å². The van der Waals surface area contributed by atoms with Crippen LogP contribution in [-0.4, -0.2) is 52.3 Å². The third-order valence-corrected chi connectivity index (χ3v) is 6.89. The minimum atomic E-state index is -0.699. The number of aromatic nitrogens is 2. The molecule has 1 N–H and O–H groups in total. The molecule has 2 aromatic carbocycles. The van der Waals surface area contributed by atoms with Crippen molar-refractivity contribution in [1.82, 2.24) is 15.1 Å². The number of nitrogens with one attached hydrogen (secondary N) is 1. The number of amides is 2. The number of carbonyl (C=O) groups excluding carboxylic acids is 2. The summed E-state index contributed by atoms with van der Waals surface area (Å²) in [5.41, 5.74) is 0.108. The first-order valence-electron chi connectivity index (χ1n) is 10.9. The third-order valence-electron chi connectivity index (χ3n) is 6.89. The smallest absolute Gasteiger partial charge is 0.494 e. The molecule has 174 valence electrons. The van der Waals surface area contributed by atoms with Gasteiger partial charge in [0.1, 0.15) is 5.75 Å². The van der Waals surface area contributed by atoms with Gasteiger partial charge in [0.2, 0.25) is 0 Å². The maximum Gasteiger partial charge on any atom is 0.494 e. The maximum atomic E-state index is 12.9. The molecule has 34 heavy (non-hydrogen) atoms. The molecule has 2 aliphatic rings. The van der Waals surface area contributed by atoms with Crippen molar-refractivity contribution in [2.45, 2.75) is 45.4 Å². The number of hydrogen-bond acceptors (Lipinski definition) is 7. The molecule has 1 fully saturated rings. The quantitative estimate of drug-likeness (QED) is 0.468. The van der Waals surface area contributed by atoms with Crippen molar-refractivity contribution in [3.63, 3.8) is 0 Å². The molecule has 3 aromatic rings. The second-order valence-electron chi connectivity index (χ2n) is 9.48. The molecule has 0 bridgehead atoms. The Balaban J connectivity index is 1.61. The predicted octanol–water partition coefficient (Wildman–Crippen LogP) is 2.03. The highest BCUT2D eigenvalue weighted by molar-refractivity contribution is 6.62. The average Bonchev–Trinajstić information content (AvgIpc) is 3.17. The van der Waals surface area contributed by atoms with Gasteiger partial charge in [-0.25, -0.2) is 5.10 Å². The number of aromatic amines is 1. The van der Waals surface area contributed by atoms with Gasteiger partial charge in [0, 0.05) is 5.39 Å². The van der Waals surface area contributed by atoms with Crippen LogP contribution in [0.5, 0.6) is 5.75 Å². The average molecular weight is 461 g/mol.